The molecule has 1 saturated carbocycles. The van der Waals surface area contributed by atoms with Crippen LogP contribution < -0.4 is 4.74 Å². The van der Waals surface area contributed by atoms with Crippen LogP contribution in [-0.2, 0) is 11.2 Å². The first kappa shape index (κ1) is 32.1. The molecule has 0 saturated heterocycles. The third-order valence-electron chi connectivity index (χ3n) is 8.83. The topological polar surface area (TPSA) is 18.5 Å². The van der Waals surface area contributed by atoms with Crippen molar-refractivity contribution in [2.75, 3.05) is 65.6 Å². The smallest absolute Gasteiger partial charge is 0.137 e. The van der Waals surface area contributed by atoms with Crippen molar-refractivity contribution in [3.8, 4) is 5.75 Å². The molecule has 4 heteroatoms. The highest BCUT2D eigenvalue weighted by Crippen LogP contribution is 2.22. The van der Waals surface area contributed by atoms with Gasteiger partial charge in [0, 0.05) is 6.42 Å². The Labute approximate surface area is 230 Å². The molecule has 1 atom stereocenters. The maximum absolute atomic E-state index is 6.39. The summed E-state index contributed by atoms with van der Waals surface area (Å²) < 4.78 is 15.1. The largest absolute Gasteiger partial charge is 0.488 e. The predicted octanol–water partition coefficient (Wildman–Crippen LogP) is 7.64. The molecule has 0 aliphatic heterocycles. The average molecular weight is 519 g/mol. The fourth-order valence-electron chi connectivity index (χ4n) is 6.56. The van der Waals surface area contributed by atoms with Crippen molar-refractivity contribution in [3.63, 3.8) is 0 Å². The number of hydrogen-bond acceptors (Lipinski definition) is 2. The zero-order chi connectivity index (χ0) is 26.8. The Hall–Kier alpha value is -1.10. The zero-order valence-corrected chi connectivity index (χ0v) is 25.4. The van der Waals surface area contributed by atoms with Crippen molar-refractivity contribution in [1.29, 1.82) is 0 Å². The molecule has 1 aliphatic rings. The van der Waals surface area contributed by atoms with E-state index in [0.717, 1.165) is 38.5 Å². The molecule has 1 aromatic rings. The van der Waals surface area contributed by atoms with E-state index in [1.54, 1.807) is 0 Å². The molecule has 1 fully saturated rings. The van der Waals surface area contributed by atoms with Gasteiger partial charge in [0.05, 0.1) is 52.0 Å². The van der Waals surface area contributed by atoms with E-state index in [4.69, 9.17) is 9.47 Å². The maximum atomic E-state index is 6.39. The van der Waals surface area contributed by atoms with Gasteiger partial charge in [0.1, 0.15) is 25.4 Å². The van der Waals surface area contributed by atoms with Crippen LogP contribution in [0.2, 0.25) is 0 Å². The third kappa shape index (κ3) is 11.7. The molecule has 4 nitrogen and oxygen atoms in total. The van der Waals surface area contributed by atoms with E-state index >= 15 is 0 Å². The first-order chi connectivity index (χ1) is 18.0. The maximum Gasteiger partial charge on any atom is 0.137 e. The Balaban J connectivity index is 1.93. The van der Waals surface area contributed by atoms with E-state index in [2.05, 4.69) is 58.9 Å². The van der Waals surface area contributed by atoms with Gasteiger partial charge in [-0.1, -0.05) is 65.5 Å². The van der Waals surface area contributed by atoms with Crippen molar-refractivity contribution in [2.45, 2.75) is 111 Å². The standard InChI is InChI=1S/C33H62N2O2/c1-6-11-24-34(10-5,21-7-2)26-28-37-33-19-15-16-31(30-33)20-25-35(22-8-3,23-9-4)27-29-36-32-17-13-12-14-18-32/h15-16,19,30,32H,6-14,17-18,20-29H2,1-5H3/q+2/t34-/m0/s1. The molecule has 0 bridgehead atoms. The molecule has 0 heterocycles. The number of quaternary nitrogens is 2. The van der Waals surface area contributed by atoms with Crippen LogP contribution in [0.1, 0.15) is 104 Å². The summed E-state index contributed by atoms with van der Waals surface area (Å²) in [5.74, 6) is 1.04. The van der Waals surface area contributed by atoms with E-state index in [9.17, 15) is 0 Å². The molecule has 0 radical (unpaired) electrons. The molecule has 0 amide bonds. The Morgan fingerprint density at radius 2 is 1.38 bits per heavy atom. The first-order valence-electron chi connectivity index (χ1n) is 16.1. The van der Waals surface area contributed by atoms with Crippen LogP contribution in [0.15, 0.2) is 24.3 Å². The van der Waals surface area contributed by atoms with E-state index in [0.29, 0.717) is 6.10 Å². The van der Waals surface area contributed by atoms with Crippen LogP contribution in [0.3, 0.4) is 0 Å². The normalized spacial score (nSPS) is 16.6. The van der Waals surface area contributed by atoms with Gasteiger partial charge in [0.25, 0.3) is 0 Å². The van der Waals surface area contributed by atoms with Crippen LogP contribution >= 0.6 is 0 Å². The minimum absolute atomic E-state index is 0.511. The lowest BCUT2D eigenvalue weighted by Gasteiger charge is -2.39. The van der Waals surface area contributed by atoms with Gasteiger partial charge < -0.3 is 18.4 Å². The summed E-state index contributed by atoms with van der Waals surface area (Å²) in [6.45, 7) is 23.1. The predicted molar refractivity (Wildman–Crippen MR) is 159 cm³/mol. The molecular formula is C33H62N2O2+2. The van der Waals surface area contributed by atoms with Gasteiger partial charge in [0.2, 0.25) is 0 Å². The molecule has 0 spiro atoms. The summed E-state index contributed by atoms with van der Waals surface area (Å²) >= 11 is 0. The minimum Gasteiger partial charge on any atom is -0.488 e. The number of rotatable bonds is 21. The highest BCUT2D eigenvalue weighted by Gasteiger charge is 2.27. The van der Waals surface area contributed by atoms with E-state index < -0.39 is 0 Å². The van der Waals surface area contributed by atoms with E-state index in [-0.39, 0.29) is 0 Å². The van der Waals surface area contributed by atoms with Crippen molar-refractivity contribution in [1.82, 2.24) is 0 Å². The lowest BCUT2D eigenvalue weighted by molar-refractivity contribution is -0.928. The average Bonchev–Trinajstić information content (AvgIpc) is 2.92. The quantitative estimate of drug-likeness (QED) is 0.156. The fraction of sp³-hybridized carbons (Fsp3) is 0.818. The summed E-state index contributed by atoms with van der Waals surface area (Å²) in [5, 5.41) is 0. The lowest BCUT2D eigenvalue weighted by atomic mass is 9.98. The van der Waals surface area contributed by atoms with Gasteiger partial charge in [0.15, 0.2) is 0 Å². The Morgan fingerprint density at radius 3 is 2.03 bits per heavy atom. The van der Waals surface area contributed by atoms with Crippen molar-refractivity contribution < 1.29 is 18.4 Å². The number of nitrogens with zero attached hydrogens (tertiary/aromatic N) is 2. The van der Waals surface area contributed by atoms with Crippen molar-refractivity contribution in [2.24, 2.45) is 0 Å². The van der Waals surface area contributed by atoms with Gasteiger partial charge in [-0.25, -0.2) is 0 Å². The molecule has 1 aliphatic carbocycles. The number of ether oxygens (including phenoxy) is 2. The Kier molecular flexibility index (Phi) is 15.8. The van der Waals surface area contributed by atoms with Gasteiger partial charge in [-0.15, -0.1) is 0 Å². The summed E-state index contributed by atoms with van der Waals surface area (Å²) in [5.41, 5.74) is 1.41. The minimum atomic E-state index is 0.511. The zero-order valence-electron chi connectivity index (χ0n) is 25.4. The Morgan fingerprint density at radius 1 is 0.703 bits per heavy atom. The summed E-state index contributed by atoms with van der Waals surface area (Å²) in [7, 11) is 0. The van der Waals surface area contributed by atoms with Gasteiger partial charge in [-0.05, 0) is 63.1 Å². The Bertz CT molecular complexity index is 697. The summed E-state index contributed by atoms with van der Waals surface area (Å²) in [4.78, 5) is 0. The summed E-state index contributed by atoms with van der Waals surface area (Å²) in [6.07, 6.45) is 14.6. The second-order valence-corrected chi connectivity index (χ2v) is 11.8. The SMILES string of the molecule is CCCC[N@+](CC)(CCC)CCOc1cccc(CC[N+](CCC)(CCC)CCOC2CCCCC2)c1. The number of unbranched alkanes of at least 4 members (excludes halogenated alkanes) is 1. The van der Waals surface area contributed by atoms with Crippen LogP contribution in [0.5, 0.6) is 5.75 Å². The van der Waals surface area contributed by atoms with Crippen LogP contribution in [-0.4, -0.2) is 80.6 Å². The fourth-order valence-corrected chi connectivity index (χ4v) is 6.56. The van der Waals surface area contributed by atoms with Gasteiger partial charge >= 0.3 is 0 Å². The second kappa shape index (κ2) is 18.2. The molecule has 214 valence electrons. The van der Waals surface area contributed by atoms with Gasteiger partial charge in [-0.3, -0.25) is 0 Å². The van der Waals surface area contributed by atoms with E-state index in [1.807, 2.05) is 0 Å². The molecule has 1 aromatic carbocycles. The van der Waals surface area contributed by atoms with E-state index in [1.165, 1.54) is 118 Å². The second-order valence-electron chi connectivity index (χ2n) is 11.8. The molecule has 0 aromatic heterocycles. The highest BCUT2D eigenvalue weighted by molar-refractivity contribution is 5.28. The number of benzene rings is 1. The molecule has 37 heavy (non-hydrogen) atoms. The molecular weight excluding hydrogens is 456 g/mol. The number of likely N-dealkylation sites (N-methyl/N-ethyl adjacent to an activating group) is 1. The van der Waals surface area contributed by atoms with Crippen molar-refractivity contribution in [3.05, 3.63) is 29.8 Å². The lowest BCUT2D eigenvalue weighted by Crippen LogP contribution is -2.52. The van der Waals surface area contributed by atoms with Crippen LogP contribution in [0.4, 0.5) is 0 Å². The molecule has 0 unspecified atom stereocenters. The first-order valence-corrected chi connectivity index (χ1v) is 16.1. The summed E-state index contributed by atoms with van der Waals surface area (Å²) in [6, 6.07) is 8.94. The molecule has 2 rings (SSSR count). The van der Waals surface area contributed by atoms with Crippen LogP contribution in [0, 0.1) is 0 Å². The third-order valence-corrected chi connectivity index (χ3v) is 8.83. The van der Waals surface area contributed by atoms with Gasteiger partial charge in [-0.2, -0.15) is 0 Å². The number of hydrogen-bond donors (Lipinski definition) is 0. The van der Waals surface area contributed by atoms with Crippen molar-refractivity contribution >= 4 is 0 Å². The monoisotopic (exact) mass is 518 g/mol. The molecule has 0 N–H and O–H groups in total. The van der Waals surface area contributed by atoms with Crippen LogP contribution in [0.25, 0.3) is 0 Å². The highest BCUT2D eigenvalue weighted by atomic mass is 16.5.